The van der Waals surface area contributed by atoms with Gasteiger partial charge in [0.1, 0.15) is 0 Å². The fourth-order valence-electron chi connectivity index (χ4n) is 0. The second kappa shape index (κ2) is 46.0. The summed E-state index contributed by atoms with van der Waals surface area (Å²) in [4.78, 5) is 0. The van der Waals surface area contributed by atoms with Crippen molar-refractivity contribution in [3.63, 3.8) is 0 Å². The molecule has 20 heteroatoms. The molecule has 0 fully saturated rings. The molecule has 0 aliphatic heterocycles. The Hall–Kier alpha value is 2.55. The molecule has 0 aliphatic carbocycles. The van der Waals surface area contributed by atoms with Gasteiger partial charge in [0.25, 0.3) is 0 Å². The Kier molecular flexibility index (Phi) is 124. The molecular formula is C6H23O16Sn4-3. The Labute approximate surface area is 214 Å². The second-order valence-electron chi connectivity index (χ2n) is 2.41. The van der Waals surface area contributed by atoms with Crippen molar-refractivity contribution in [1.82, 2.24) is 0 Å². The average molecular weight is 826 g/mol. The SMILES string of the molecule is O.O.O.O.[O-]C(O)C(O)O.[O-]C(O)C(O)O.[O-]C(O)C(O)O.[Sn].[Sn].[Sn].[Sn]. The molecule has 0 amide bonds. The summed E-state index contributed by atoms with van der Waals surface area (Å²) in [5, 5.41) is 96.3. The Morgan fingerprint density at radius 2 is 0.385 bits per heavy atom. The van der Waals surface area contributed by atoms with E-state index in [0.29, 0.717) is 0 Å². The van der Waals surface area contributed by atoms with E-state index in [1.807, 2.05) is 0 Å². The summed E-state index contributed by atoms with van der Waals surface area (Å²) in [7, 11) is 0. The van der Waals surface area contributed by atoms with Crippen molar-refractivity contribution in [3.05, 3.63) is 0 Å². The van der Waals surface area contributed by atoms with Crippen LogP contribution in [0.5, 0.6) is 0 Å². The van der Waals surface area contributed by atoms with Crippen LogP contribution in [0.2, 0.25) is 0 Å². The van der Waals surface area contributed by atoms with Crippen LogP contribution in [0.25, 0.3) is 0 Å². The van der Waals surface area contributed by atoms with Crippen LogP contribution in [-0.2, 0) is 0 Å². The van der Waals surface area contributed by atoms with E-state index in [1.165, 1.54) is 0 Å². The summed E-state index contributed by atoms with van der Waals surface area (Å²) in [5.41, 5.74) is 0. The Morgan fingerprint density at radius 1 is 0.346 bits per heavy atom. The summed E-state index contributed by atoms with van der Waals surface area (Å²) in [6.07, 6.45) is -13.3. The van der Waals surface area contributed by atoms with Gasteiger partial charge in [0.2, 0.25) is 0 Å². The van der Waals surface area contributed by atoms with E-state index >= 15 is 0 Å². The summed E-state index contributed by atoms with van der Waals surface area (Å²) >= 11 is 0. The molecule has 17 N–H and O–H groups in total. The predicted molar refractivity (Wildman–Crippen MR) is 80.2 cm³/mol. The normalized spacial score (nSPS) is 10.7. The smallest absolute Gasteiger partial charge is 0.162 e. The minimum atomic E-state index is -2.29. The van der Waals surface area contributed by atoms with Gasteiger partial charge in [-0.15, -0.1) is 0 Å². The fraction of sp³-hybridized carbons (Fsp3) is 1.00. The minimum absolute atomic E-state index is 0. The molecule has 0 aromatic heterocycles. The first-order chi connectivity index (χ1) is 7.93. The Bertz CT molecular complexity index is 126. The molecule has 0 spiro atoms. The third-order valence-electron chi connectivity index (χ3n) is 0.765. The maximum absolute atomic E-state index is 9.28. The molecule has 3 atom stereocenters. The van der Waals surface area contributed by atoms with Gasteiger partial charge in [-0.05, 0) is 0 Å². The molecule has 0 aromatic carbocycles. The molecular weight excluding hydrogens is 803 g/mol. The Morgan fingerprint density at radius 3 is 0.385 bits per heavy atom. The summed E-state index contributed by atoms with van der Waals surface area (Å²) in [6.45, 7) is 0. The standard InChI is InChI=1S/3C2H5O4.4H2O.4Sn/c3*3-1(4)2(5)6;;;;;;;;/h3*1-5H;4*1H2;;;;/q3*-1;;;;;;;;. The fourth-order valence-corrected chi connectivity index (χ4v) is 0. The van der Waals surface area contributed by atoms with Crippen LogP contribution in [0.15, 0.2) is 0 Å². The van der Waals surface area contributed by atoms with Gasteiger partial charge >= 0.3 is 0 Å². The van der Waals surface area contributed by atoms with Gasteiger partial charge < -0.3 is 83.2 Å². The first kappa shape index (κ1) is 70.4. The number of aliphatic hydroxyl groups is 9. The predicted octanol–water partition coefficient (Wildman–Crippen LogP) is -13.9. The number of aliphatic hydroxyl groups excluding tert-OH is 6. The van der Waals surface area contributed by atoms with E-state index in [9.17, 15) is 15.3 Å². The van der Waals surface area contributed by atoms with Crippen molar-refractivity contribution in [3.8, 4) is 0 Å². The molecule has 0 saturated carbocycles. The quantitative estimate of drug-likeness (QED) is 0.0947. The van der Waals surface area contributed by atoms with E-state index in [-0.39, 0.29) is 118 Å². The first-order valence-corrected chi connectivity index (χ1v) is 4.03. The van der Waals surface area contributed by atoms with Crippen LogP contribution in [0.1, 0.15) is 0 Å². The van der Waals surface area contributed by atoms with Crippen molar-refractivity contribution in [2.45, 2.75) is 37.7 Å². The van der Waals surface area contributed by atoms with E-state index in [0.717, 1.165) is 0 Å². The zero-order chi connectivity index (χ0) is 15.5. The van der Waals surface area contributed by atoms with Crippen molar-refractivity contribution in [2.75, 3.05) is 0 Å². The molecule has 0 saturated heterocycles. The van der Waals surface area contributed by atoms with Gasteiger partial charge in [0.05, 0.1) is 0 Å². The Balaban J connectivity index is -0.0000000125. The molecule has 0 bridgehead atoms. The molecule has 0 heterocycles. The van der Waals surface area contributed by atoms with Crippen molar-refractivity contribution < 1.29 is 83.2 Å². The van der Waals surface area contributed by atoms with Crippen LogP contribution in [-0.4, -0.2) is 201 Å². The molecule has 26 heavy (non-hydrogen) atoms. The summed E-state index contributed by atoms with van der Waals surface area (Å²) in [6, 6.07) is 0. The average Bonchev–Trinajstić information content (AvgIpc) is 2.18. The van der Waals surface area contributed by atoms with Crippen molar-refractivity contribution >= 4 is 95.6 Å². The summed E-state index contributed by atoms with van der Waals surface area (Å²) < 4.78 is 0. The van der Waals surface area contributed by atoms with Crippen molar-refractivity contribution in [1.29, 1.82) is 0 Å². The van der Waals surface area contributed by atoms with Crippen LogP contribution in [0.3, 0.4) is 0 Å². The van der Waals surface area contributed by atoms with Crippen LogP contribution in [0, 0.1) is 0 Å². The van der Waals surface area contributed by atoms with E-state index in [1.54, 1.807) is 0 Å². The molecule has 0 aliphatic rings. The summed E-state index contributed by atoms with van der Waals surface area (Å²) in [5.74, 6) is 0. The van der Waals surface area contributed by atoms with Crippen molar-refractivity contribution in [2.24, 2.45) is 0 Å². The number of hydrogen-bond donors (Lipinski definition) is 9. The third kappa shape index (κ3) is 81.9. The second-order valence-corrected chi connectivity index (χ2v) is 2.41. The van der Waals surface area contributed by atoms with E-state index < -0.39 is 37.7 Å². The number of hydrogen-bond acceptors (Lipinski definition) is 12. The van der Waals surface area contributed by atoms with Gasteiger partial charge in [0.15, 0.2) is 18.9 Å². The third-order valence-corrected chi connectivity index (χ3v) is 0.765. The van der Waals surface area contributed by atoms with Gasteiger partial charge in [-0.3, -0.25) is 0 Å². The zero-order valence-electron chi connectivity index (χ0n) is 12.7. The van der Waals surface area contributed by atoms with Gasteiger partial charge in [-0.1, -0.05) is 0 Å². The topological polar surface area (TPSA) is 377 Å². The molecule has 16 radical (unpaired) electrons. The maximum Gasteiger partial charge on any atom is 0.162 e. The largest absolute Gasteiger partial charge is 0.828 e. The van der Waals surface area contributed by atoms with Crippen LogP contribution < -0.4 is 15.3 Å². The van der Waals surface area contributed by atoms with E-state index in [2.05, 4.69) is 0 Å². The van der Waals surface area contributed by atoms with Gasteiger partial charge in [0, 0.05) is 115 Å². The molecule has 0 rings (SSSR count). The monoisotopic (exact) mass is 831 g/mol. The molecule has 3 unspecified atom stereocenters. The van der Waals surface area contributed by atoms with Crippen LogP contribution >= 0.6 is 0 Å². The minimum Gasteiger partial charge on any atom is -0.828 e. The van der Waals surface area contributed by atoms with Crippen LogP contribution in [0.4, 0.5) is 0 Å². The zero-order valence-corrected chi connectivity index (χ0v) is 24.1. The van der Waals surface area contributed by atoms with Gasteiger partial charge in [-0.2, -0.15) is 0 Å². The molecule has 0 aromatic rings. The van der Waals surface area contributed by atoms with Gasteiger partial charge in [-0.25, -0.2) is 0 Å². The number of rotatable bonds is 3. The molecule has 162 valence electrons. The first-order valence-electron chi connectivity index (χ1n) is 4.03. The maximum atomic E-state index is 9.28. The van der Waals surface area contributed by atoms with E-state index in [4.69, 9.17) is 46.0 Å². The molecule has 16 nitrogen and oxygen atoms in total.